The van der Waals surface area contributed by atoms with Crippen molar-refractivity contribution in [2.45, 2.75) is 12.8 Å². The molecule has 0 radical (unpaired) electrons. The summed E-state index contributed by atoms with van der Waals surface area (Å²) in [6.07, 6.45) is 2.19. The van der Waals surface area contributed by atoms with E-state index in [-0.39, 0.29) is 12.6 Å². The van der Waals surface area contributed by atoms with Gasteiger partial charge in [0.1, 0.15) is 0 Å². The van der Waals surface area contributed by atoms with Crippen LogP contribution in [0.5, 0.6) is 0 Å². The third-order valence-electron chi connectivity index (χ3n) is 4.85. The summed E-state index contributed by atoms with van der Waals surface area (Å²) in [7, 11) is 0. The molecule has 1 heterocycles. The second-order valence-corrected chi connectivity index (χ2v) is 7.40. The topological polar surface area (TPSA) is 64.6 Å². The first kappa shape index (κ1) is 19.7. The van der Waals surface area contributed by atoms with Crippen LogP contribution in [-0.4, -0.2) is 48.8 Å². The Labute approximate surface area is 165 Å². The summed E-state index contributed by atoms with van der Waals surface area (Å²) < 4.78 is 0. The van der Waals surface area contributed by atoms with Crippen LogP contribution in [-0.2, 0) is 0 Å². The Morgan fingerprint density at radius 3 is 2.74 bits per heavy atom. The normalized spacial score (nSPS) is 17.5. The van der Waals surface area contributed by atoms with Gasteiger partial charge in [-0.3, -0.25) is 0 Å². The predicted molar refractivity (Wildman–Crippen MR) is 110 cm³/mol. The van der Waals surface area contributed by atoms with Crippen LogP contribution in [0.25, 0.3) is 11.1 Å². The molecule has 2 amide bonds. The molecule has 3 rings (SSSR count). The Kier molecular flexibility index (Phi) is 7.10. The number of nitrogens with one attached hydrogen (secondary N) is 2. The molecule has 0 spiro atoms. The van der Waals surface area contributed by atoms with Gasteiger partial charge in [-0.1, -0.05) is 35.9 Å². The quantitative estimate of drug-likeness (QED) is 0.705. The molecule has 2 aromatic rings. The van der Waals surface area contributed by atoms with Gasteiger partial charge in [0.2, 0.25) is 0 Å². The zero-order valence-electron chi connectivity index (χ0n) is 15.3. The van der Waals surface area contributed by atoms with Gasteiger partial charge in [-0.2, -0.15) is 0 Å². The van der Waals surface area contributed by atoms with E-state index >= 15 is 0 Å². The molecule has 3 N–H and O–H groups in total. The minimum absolute atomic E-state index is 0.214. The number of aliphatic hydroxyl groups excluding tert-OH is 1. The number of benzene rings is 2. The molecule has 27 heavy (non-hydrogen) atoms. The van der Waals surface area contributed by atoms with Crippen molar-refractivity contribution >= 4 is 23.3 Å². The van der Waals surface area contributed by atoms with Gasteiger partial charge in [0.05, 0.1) is 0 Å². The Balaban J connectivity index is 1.49. The van der Waals surface area contributed by atoms with Crippen molar-refractivity contribution in [3.63, 3.8) is 0 Å². The molecule has 1 unspecified atom stereocenters. The second-order valence-electron chi connectivity index (χ2n) is 6.96. The number of amides is 2. The molecular formula is C21H26ClN3O2. The summed E-state index contributed by atoms with van der Waals surface area (Å²) in [6.45, 7) is 3.56. The standard InChI is InChI=1S/C21H26ClN3O2/c22-19-7-1-5-17(12-19)18-6-2-8-20(13-18)24-21(27)23-9-11-25-10-3-4-16(14-25)15-26/h1-2,5-8,12-13,16,26H,3-4,9-11,14-15H2,(H2,23,24,27). The number of rotatable bonds is 6. The molecule has 0 aliphatic carbocycles. The number of carbonyl (C=O) groups excluding carboxylic acids is 1. The maximum Gasteiger partial charge on any atom is 0.319 e. The highest BCUT2D eigenvalue weighted by Gasteiger charge is 2.18. The number of nitrogens with zero attached hydrogens (tertiary/aromatic N) is 1. The Hall–Kier alpha value is -2.08. The lowest BCUT2D eigenvalue weighted by molar-refractivity contribution is 0.121. The smallest absolute Gasteiger partial charge is 0.319 e. The first-order valence-corrected chi connectivity index (χ1v) is 9.76. The summed E-state index contributed by atoms with van der Waals surface area (Å²) in [5.74, 6) is 0.363. The minimum atomic E-state index is -0.214. The van der Waals surface area contributed by atoms with Crippen LogP contribution in [0, 0.1) is 5.92 Å². The molecule has 1 aliphatic heterocycles. The first-order chi connectivity index (χ1) is 13.1. The molecule has 0 aromatic heterocycles. The molecule has 1 saturated heterocycles. The zero-order chi connectivity index (χ0) is 19.1. The molecule has 144 valence electrons. The third-order valence-corrected chi connectivity index (χ3v) is 5.09. The highest BCUT2D eigenvalue weighted by atomic mass is 35.5. The number of carbonyl (C=O) groups is 1. The maximum absolute atomic E-state index is 12.2. The lowest BCUT2D eigenvalue weighted by Gasteiger charge is -2.31. The fourth-order valence-corrected chi connectivity index (χ4v) is 3.64. The molecule has 0 saturated carbocycles. The summed E-state index contributed by atoms with van der Waals surface area (Å²) in [5, 5.41) is 15.8. The molecule has 1 fully saturated rings. The lowest BCUT2D eigenvalue weighted by Crippen LogP contribution is -2.42. The van der Waals surface area contributed by atoms with Crippen LogP contribution >= 0.6 is 11.6 Å². The SMILES string of the molecule is O=C(NCCN1CCCC(CO)C1)Nc1cccc(-c2cccc(Cl)c2)c1. The summed E-state index contributed by atoms with van der Waals surface area (Å²) in [6, 6.07) is 15.1. The van der Waals surface area contributed by atoms with E-state index in [1.54, 1.807) is 0 Å². The van der Waals surface area contributed by atoms with Crippen LogP contribution in [0.3, 0.4) is 0 Å². The van der Waals surface area contributed by atoms with Gasteiger partial charge in [0, 0.05) is 37.0 Å². The largest absolute Gasteiger partial charge is 0.396 e. The van der Waals surface area contributed by atoms with E-state index in [0.29, 0.717) is 17.5 Å². The van der Waals surface area contributed by atoms with E-state index in [0.717, 1.165) is 49.3 Å². The molecule has 1 aliphatic rings. The number of halogens is 1. The molecule has 2 aromatic carbocycles. The number of urea groups is 1. The van der Waals surface area contributed by atoms with E-state index in [1.807, 2.05) is 48.5 Å². The molecular weight excluding hydrogens is 362 g/mol. The maximum atomic E-state index is 12.2. The zero-order valence-corrected chi connectivity index (χ0v) is 16.1. The number of hydrogen-bond acceptors (Lipinski definition) is 3. The second kappa shape index (κ2) is 9.74. The van der Waals surface area contributed by atoms with E-state index < -0.39 is 0 Å². The monoisotopic (exact) mass is 387 g/mol. The van der Waals surface area contributed by atoms with Gasteiger partial charge in [-0.05, 0) is 60.7 Å². The highest BCUT2D eigenvalue weighted by molar-refractivity contribution is 6.30. The van der Waals surface area contributed by atoms with Crippen molar-refractivity contribution in [2.75, 3.05) is 38.1 Å². The van der Waals surface area contributed by atoms with Gasteiger partial charge >= 0.3 is 6.03 Å². The number of hydrogen-bond donors (Lipinski definition) is 3. The van der Waals surface area contributed by atoms with E-state index in [4.69, 9.17) is 11.6 Å². The van der Waals surface area contributed by atoms with Crippen molar-refractivity contribution < 1.29 is 9.90 Å². The molecule has 5 nitrogen and oxygen atoms in total. The van der Waals surface area contributed by atoms with Gasteiger partial charge in [-0.15, -0.1) is 0 Å². The fourth-order valence-electron chi connectivity index (χ4n) is 3.45. The van der Waals surface area contributed by atoms with Gasteiger partial charge in [0.25, 0.3) is 0 Å². The number of anilines is 1. The Bertz CT molecular complexity index is 769. The number of likely N-dealkylation sites (tertiary alicyclic amines) is 1. The van der Waals surface area contributed by atoms with Crippen LogP contribution in [0.4, 0.5) is 10.5 Å². The molecule has 6 heteroatoms. The average molecular weight is 388 g/mol. The summed E-state index contributed by atoms with van der Waals surface area (Å²) >= 11 is 6.06. The first-order valence-electron chi connectivity index (χ1n) is 9.38. The minimum Gasteiger partial charge on any atom is -0.396 e. The van der Waals surface area contributed by atoms with E-state index in [1.165, 1.54) is 0 Å². The van der Waals surface area contributed by atoms with Crippen molar-refractivity contribution in [3.8, 4) is 11.1 Å². The molecule has 0 bridgehead atoms. The Morgan fingerprint density at radius 2 is 1.96 bits per heavy atom. The van der Waals surface area contributed by atoms with E-state index in [9.17, 15) is 9.90 Å². The molecule has 1 atom stereocenters. The average Bonchev–Trinajstić information content (AvgIpc) is 2.68. The summed E-state index contributed by atoms with van der Waals surface area (Å²) in [4.78, 5) is 14.5. The highest BCUT2D eigenvalue weighted by Crippen LogP contribution is 2.25. The van der Waals surface area contributed by atoms with Crippen molar-refractivity contribution in [1.82, 2.24) is 10.2 Å². The van der Waals surface area contributed by atoms with Crippen molar-refractivity contribution in [1.29, 1.82) is 0 Å². The van der Waals surface area contributed by atoms with Gasteiger partial charge in [0.15, 0.2) is 0 Å². The van der Waals surface area contributed by atoms with Crippen LogP contribution in [0.15, 0.2) is 48.5 Å². The van der Waals surface area contributed by atoms with Crippen molar-refractivity contribution in [2.24, 2.45) is 5.92 Å². The van der Waals surface area contributed by atoms with Gasteiger partial charge in [-0.25, -0.2) is 4.79 Å². The van der Waals surface area contributed by atoms with Gasteiger partial charge < -0.3 is 20.6 Å². The van der Waals surface area contributed by atoms with Crippen LogP contribution in [0.1, 0.15) is 12.8 Å². The predicted octanol–water partition coefficient (Wildman–Crippen LogP) is 3.83. The van der Waals surface area contributed by atoms with Crippen LogP contribution in [0.2, 0.25) is 5.02 Å². The number of piperidine rings is 1. The fraction of sp³-hybridized carbons (Fsp3) is 0.381. The lowest BCUT2D eigenvalue weighted by atomic mass is 9.99. The number of aliphatic hydroxyl groups is 1. The van der Waals surface area contributed by atoms with Crippen LogP contribution < -0.4 is 10.6 Å². The van der Waals surface area contributed by atoms with Crippen molar-refractivity contribution in [3.05, 3.63) is 53.6 Å². The third kappa shape index (κ3) is 5.96. The Morgan fingerprint density at radius 1 is 1.19 bits per heavy atom. The summed E-state index contributed by atoms with van der Waals surface area (Å²) in [5.41, 5.74) is 2.75. The van der Waals surface area contributed by atoms with E-state index in [2.05, 4.69) is 15.5 Å².